The number of carbonyl (C=O) groups is 1. The molecule has 3 rings (SSSR count). The highest BCUT2D eigenvalue weighted by Crippen LogP contribution is 2.18. The number of rotatable bonds is 6. The number of aromatic nitrogens is 4. The zero-order valence-corrected chi connectivity index (χ0v) is 13.7. The van der Waals surface area contributed by atoms with Gasteiger partial charge in [0.15, 0.2) is 6.61 Å². The van der Waals surface area contributed by atoms with Crippen molar-refractivity contribution in [2.75, 3.05) is 18.2 Å². The van der Waals surface area contributed by atoms with E-state index in [2.05, 4.69) is 20.8 Å². The minimum absolute atomic E-state index is 0.0800. The maximum atomic E-state index is 12.0. The van der Waals surface area contributed by atoms with Crippen molar-refractivity contribution < 1.29 is 9.53 Å². The Morgan fingerprint density at radius 2 is 2.08 bits per heavy atom. The first-order chi connectivity index (χ1) is 11.7. The van der Waals surface area contributed by atoms with Crippen LogP contribution in [0.2, 0.25) is 0 Å². The third-order valence-corrected chi connectivity index (χ3v) is 3.92. The summed E-state index contributed by atoms with van der Waals surface area (Å²) < 4.78 is 7.04. The van der Waals surface area contributed by atoms with E-state index in [1.807, 2.05) is 42.7 Å². The van der Waals surface area contributed by atoms with Crippen LogP contribution >= 0.6 is 11.8 Å². The highest BCUT2D eigenvalue weighted by atomic mass is 32.2. The third-order valence-electron chi connectivity index (χ3n) is 3.17. The van der Waals surface area contributed by atoms with Gasteiger partial charge in [-0.1, -0.05) is 6.07 Å². The summed E-state index contributed by atoms with van der Waals surface area (Å²) in [6.07, 6.45) is 3.50. The first-order valence-corrected chi connectivity index (χ1v) is 8.37. The summed E-state index contributed by atoms with van der Waals surface area (Å²) in [6.45, 7) is -0.0800. The fourth-order valence-corrected chi connectivity index (χ4v) is 2.42. The predicted molar refractivity (Wildman–Crippen MR) is 91.5 cm³/mol. The fourth-order valence-electron chi connectivity index (χ4n) is 2.02. The van der Waals surface area contributed by atoms with Gasteiger partial charge in [0.05, 0.1) is 5.69 Å². The van der Waals surface area contributed by atoms with E-state index in [4.69, 9.17) is 4.74 Å². The molecule has 3 aromatic rings. The van der Waals surface area contributed by atoms with Crippen LogP contribution in [0.15, 0.2) is 59.8 Å². The number of tetrazole rings is 1. The van der Waals surface area contributed by atoms with E-state index in [-0.39, 0.29) is 12.5 Å². The summed E-state index contributed by atoms with van der Waals surface area (Å²) in [7, 11) is 0. The maximum Gasteiger partial charge on any atom is 0.262 e. The molecule has 0 fully saturated rings. The second kappa shape index (κ2) is 7.60. The minimum atomic E-state index is -0.222. The lowest BCUT2D eigenvalue weighted by Gasteiger charge is -2.09. The molecule has 0 radical (unpaired) electrons. The first-order valence-electron chi connectivity index (χ1n) is 7.15. The van der Waals surface area contributed by atoms with Crippen molar-refractivity contribution in [1.82, 2.24) is 20.2 Å². The van der Waals surface area contributed by atoms with Crippen LogP contribution in [0, 0.1) is 0 Å². The molecule has 0 atom stereocenters. The Bertz CT molecular complexity index is 806. The highest BCUT2D eigenvalue weighted by Gasteiger charge is 2.05. The van der Waals surface area contributed by atoms with Crippen LogP contribution in [0.4, 0.5) is 5.69 Å². The number of nitrogens with zero attached hydrogens (tertiary/aromatic N) is 4. The molecule has 0 aliphatic carbocycles. The SMILES string of the molecule is CSc1ccc(NC(=O)COc2cccc(-n3cnnn3)c2)cc1. The lowest BCUT2D eigenvalue weighted by Crippen LogP contribution is -2.20. The molecule has 1 amide bonds. The number of anilines is 1. The van der Waals surface area contributed by atoms with Crippen molar-refractivity contribution in [1.29, 1.82) is 0 Å². The predicted octanol–water partition coefficient (Wildman–Crippen LogP) is 2.40. The van der Waals surface area contributed by atoms with E-state index in [1.54, 1.807) is 23.9 Å². The molecule has 0 bridgehead atoms. The standard InChI is InChI=1S/C16H15N5O2S/c1-24-15-7-5-12(6-8-15)18-16(22)10-23-14-4-2-3-13(9-14)21-11-17-19-20-21/h2-9,11H,10H2,1H3,(H,18,22). The molecule has 0 aliphatic rings. The van der Waals surface area contributed by atoms with Crippen molar-refractivity contribution in [3.63, 3.8) is 0 Å². The van der Waals surface area contributed by atoms with E-state index < -0.39 is 0 Å². The average molecular weight is 341 g/mol. The van der Waals surface area contributed by atoms with Crippen LogP contribution in [0.3, 0.4) is 0 Å². The van der Waals surface area contributed by atoms with Crippen LogP contribution in [0.5, 0.6) is 5.75 Å². The van der Waals surface area contributed by atoms with E-state index in [0.717, 1.165) is 16.3 Å². The molecule has 0 spiro atoms. The molecule has 8 heteroatoms. The van der Waals surface area contributed by atoms with E-state index in [1.165, 1.54) is 11.0 Å². The lowest BCUT2D eigenvalue weighted by molar-refractivity contribution is -0.118. The number of benzene rings is 2. The van der Waals surface area contributed by atoms with Gasteiger partial charge in [0, 0.05) is 16.6 Å². The lowest BCUT2D eigenvalue weighted by atomic mass is 10.3. The van der Waals surface area contributed by atoms with Crippen LogP contribution in [-0.4, -0.2) is 39.0 Å². The minimum Gasteiger partial charge on any atom is -0.484 e. The van der Waals surface area contributed by atoms with E-state index in [0.29, 0.717) is 5.75 Å². The van der Waals surface area contributed by atoms with Crippen LogP contribution in [-0.2, 0) is 4.79 Å². The van der Waals surface area contributed by atoms with E-state index >= 15 is 0 Å². The zero-order valence-electron chi connectivity index (χ0n) is 12.9. The maximum absolute atomic E-state index is 12.0. The summed E-state index contributed by atoms with van der Waals surface area (Å²) in [6, 6.07) is 14.8. The molecule has 1 heterocycles. The molecule has 0 saturated heterocycles. The van der Waals surface area contributed by atoms with Gasteiger partial charge in [-0.25, -0.2) is 4.68 Å². The molecule has 2 aromatic carbocycles. The van der Waals surface area contributed by atoms with Crippen LogP contribution in [0.25, 0.3) is 5.69 Å². The first kappa shape index (κ1) is 16.0. The van der Waals surface area contributed by atoms with Crippen molar-refractivity contribution in [2.45, 2.75) is 4.90 Å². The van der Waals surface area contributed by atoms with E-state index in [9.17, 15) is 4.79 Å². The molecule has 0 aliphatic heterocycles. The summed E-state index contributed by atoms with van der Waals surface area (Å²) >= 11 is 1.65. The summed E-state index contributed by atoms with van der Waals surface area (Å²) in [5.41, 5.74) is 1.49. The molecule has 1 aromatic heterocycles. The average Bonchev–Trinajstić information content (AvgIpc) is 3.16. The third kappa shape index (κ3) is 4.11. The zero-order chi connectivity index (χ0) is 16.8. The Kier molecular flexibility index (Phi) is 5.07. The van der Waals surface area contributed by atoms with Crippen molar-refractivity contribution in [3.8, 4) is 11.4 Å². The number of nitrogens with one attached hydrogen (secondary N) is 1. The normalized spacial score (nSPS) is 10.4. The Labute approximate surface area is 143 Å². The summed E-state index contributed by atoms with van der Waals surface area (Å²) in [4.78, 5) is 13.1. The summed E-state index contributed by atoms with van der Waals surface area (Å²) in [5, 5.41) is 13.8. The van der Waals surface area contributed by atoms with Crippen molar-refractivity contribution in [2.24, 2.45) is 0 Å². The molecule has 0 saturated carbocycles. The molecule has 122 valence electrons. The number of ether oxygens (including phenoxy) is 1. The second-order valence-electron chi connectivity index (χ2n) is 4.82. The van der Waals surface area contributed by atoms with Crippen LogP contribution < -0.4 is 10.1 Å². The molecule has 24 heavy (non-hydrogen) atoms. The fraction of sp³-hybridized carbons (Fsp3) is 0.125. The van der Waals surface area contributed by atoms with Crippen molar-refractivity contribution >= 4 is 23.4 Å². The number of hydrogen-bond acceptors (Lipinski definition) is 6. The van der Waals surface area contributed by atoms with Gasteiger partial charge in [-0.05, 0) is 53.1 Å². The van der Waals surface area contributed by atoms with Gasteiger partial charge in [-0.15, -0.1) is 16.9 Å². The number of hydrogen-bond donors (Lipinski definition) is 1. The molecule has 0 unspecified atom stereocenters. The van der Waals surface area contributed by atoms with Gasteiger partial charge in [0.1, 0.15) is 12.1 Å². The van der Waals surface area contributed by atoms with Gasteiger partial charge in [-0.3, -0.25) is 4.79 Å². The van der Waals surface area contributed by atoms with Crippen molar-refractivity contribution in [3.05, 3.63) is 54.9 Å². The summed E-state index contributed by atoms with van der Waals surface area (Å²) in [5.74, 6) is 0.343. The van der Waals surface area contributed by atoms with Gasteiger partial charge in [0.2, 0.25) is 0 Å². The number of carbonyl (C=O) groups excluding carboxylic acids is 1. The highest BCUT2D eigenvalue weighted by molar-refractivity contribution is 7.98. The molecular weight excluding hydrogens is 326 g/mol. The Morgan fingerprint density at radius 1 is 1.25 bits per heavy atom. The Hall–Kier alpha value is -2.87. The van der Waals surface area contributed by atoms with Gasteiger partial charge < -0.3 is 10.1 Å². The molecule has 7 nitrogen and oxygen atoms in total. The number of thioether (sulfide) groups is 1. The Morgan fingerprint density at radius 3 is 2.79 bits per heavy atom. The largest absolute Gasteiger partial charge is 0.484 e. The second-order valence-corrected chi connectivity index (χ2v) is 5.70. The quantitative estimate of drug-likeness (QED) is 0.693. The van der Waals surface area contributed by atoms with Gasteiger partial charge in [-0.2, -0.15) is 0 Å². The monoisotopic (exact) mass is 341 g/mol. The Balaban J connectivity index is 1.57. The van der Waals surface area contributed by atoms with Gasteiger partial charge in [0.25, 0.3) is 5.91 Å². The smallest absolute Gasteiger partial charge is 0.262 e. The molecular formula is C16H15N5O2S. The topological polar surface area (TPSA) is 81.9 Å². The number of amides is 1. The molecule has 1 N–H and O–H groups in total. The van der Waals surface area contributed by atoms with Gasteiger partial charge >= 0.3 is 0 Å². The van der Waals surface area contributed by atoms with Crippen LogP contribution in [0.1, 0.15) is 0 Å².